The minimum atomic E-state index is -0.984. The van der Waals surface area contributed by atoms with Gasteiger partial charge in [-0.15, -0.1) is 0 Å². The zero-order chi connectivity index (χ0) is 14.0. The number of hydrogen-bond donors (Lipinski definition) is 2. The molecule has 1 aromatic heterocycles. The topological polar surface area (TPSA) is 62.5 Å². The molecule has 5 heteroatoms. The van der Waals surface area contributed by atoms with E-state index >= 15 is 0 Å². The highest BCUT2D eigenvalue weighted by atomic mass is 79.9. The van der Waals surface area contributed by atoms with E-state index in [1.165, 1.54) is 17.9 Å². The van der Waals surface area contributed by atoms with E-state index in [9.17, 15) is 4.79 Å². The molecule has 2 N–H and O–H groups in total. The summed E-state index contributed by atoms with van der Waals surface area (Å²) < 4.78 is 6.17. The van der Waals surface area contributed by atoms with Gasteiger partial charge < -0.3 is 14.8 Å². The van der Waals surface area contributed by atoms with Gasteiger partial charge >= 0.3 is 5.97 Å². The molecule has 2 aromatic rings. The van der Waals surface area contributed by atoms with Crippen LogP contribution >= 0.6 is 15.9 Å². The summed E-state index contributed by atoms with van der Waals surface area (Å²) in [5, 5.41) is 12.1. The van der Waals surface area contributed by atoms with Gasteiger partial charge in [-0.3, -0.25) is 0 Å². The number of aryl methyl sites for hydroxylation is 2. The summed E-state index contributed by atoms with van der Waals surface area (Å²) in [6, 6.07) is 5.63. The second-order valence-electron chi connectivity index (χ2n) is 4.40. The third-order valence-electron chi connectivity index (χ3n) is 2.77. The van der Waals surface area contributed by atoms with Crippen molar-refractivity contribution in [3.8, 4) is 0 Å². The summed E-state index contributed by atoms with van der Waals surface area (Å²) in [5.74, 6) is -0.396. The molecule has 4 nitrogen and oxygen atoms in total. The SMILES string of the molecule is Cc1cc(C)c(NCc2cc(C(=O)O)co2)c(Br)c1. The Morgan fingerprint density at radius 1 is 1.37 bits per heavy atom. The van der Waals surface area contributed by atoms with Crippen LogP contribution in [0.25, 0.3) is 0 Å². The number of aromatic carboxylic acids is 1. The number of hydrogen-bond acceptors (Lipinski definition) is 3. The number of carboxylic acid groups (broad SMARTS) is 1. The highest BCUT2D eigenvalue weighted by molar-refractivity contribution is 9.10. The van der Waals surface area contributed by atoms with Crippen LogP contribution in [0.3, 0.4) is 0 Å². The molecule has 0 spiro atoms. The second kappa shape index (κ2) is 5.48. The third-order valence-corrected chi connectivity index (χ3v) is 3.40. The molecule has 0 aliphatic carbocycles. The lowest BCUT2D eigenvalue weighted by Crippen LogP contribution is -2.01. The molecule has 1 heterocycles. The van der Waals surface area contributed by atoms with E-state index in [-0.39, 0.29) is 5.56 Å². The molecular weight excluding hydrogens is 310 g/mol. The molecular formula is C14H14BrNO3. The summed E-state index contributed by atoms with van der Waals surface area (Å²) in [7, 11) is 0. The quantitative estimate of drug-likeness (QED) is 0.893. The molecule has 0 bridgehead atoms. The maximum Gasteiger partial charge on any atom is 0.338 e. The lowest BCUT2D eigenvalue weighted by Gasteiger charge is -2.11. The van der Waals surface area contributed by atoms with Gasteiger partial charge in [0.2, 0.25) is 0 Å². The molecule has 1 aromatic carbocycles. The first-order chi connectivity index (χ1) is 8.97. The van der Waals surface area contributed by atoms with Crippen LogP contribution in [-0.4, -0.2) is 11.1 Å². The smallest absolute Gasteiger partial charge is 0.338 e. The van der Waals surface area contributed by atoms with E-state index in [2.05, 4.69) is 27.3 Å². The normalized spacial score (nSPS) is 10.5. The monoisotopic (exact) mass is 323 g/mol. The van der Waals surface area contributed by atoms with E-state index in [4.69, 9.17) is 9.52 Å². The van der Waals surface area contributed by atoms with Gasteiger partial charge in [-0.25, -0.2) is 4.79 Å². The van der Waals surface area contributed by atoms with Gasteiger partial charge in [0.25, 0.3) is 0 Å². The van der Waals surface area contributed by atoms with Crippen LogP contribution in [-0.2, 0) is 6.54 Å². The van der Waals surface area contributed by atoms with Crippen molar-refractivity contribution >= 4 is 27.6 Å². The van der Waals surface area contributed by atoms with Crippen LogP contribution in [0.2, 0.25) is 0 Å². The second-order valence-corrected chi connectivity index (χ2v) is 5.25. The largest absolute Gasteiger partial charge is 0.478 e. The van der Waals surface area contributed by atoms with Crippen molar-refractivity contribution in [3.63, 3.8) is 0 Å². The first-order valence-corrected chi connectivity index (χ1v) is 6.58. The summed E-state index contributed by atoms with van der Waals surface area (Å²) in [6.07, 6.45) is 1.25. The number of benzene rings is 1. The average molecular weight is 324 g/mol. The van der Waals surface area contributed by atoms with Crippen molar-refractivity contribution in [2.24, 2.45) is 0 Å². The Balaban J connectivity index is 2.12. The minimum absolute atomic E-state index is 0.163. The first-order valence-electron chi connectivity index (χ1n) is 5.78. The van der Waals surface area contributed by atoms with E-state index < -0.39 is 5.97 Å². The van der Waals surface area contributed by atoms with Gasteiger partial charge in [-0.1, -0.05) is 6.07 Å². The Labute approximate surface area is 119 Å². The van der Waals surface area contributed by atoms with Crippen molar-refractivity contribution in [3.05, 3.63) is 51.4 Å². The van der Waals surface area contributed by atoms with E-state index in [1.54, 1.807) is 0 Å². The Kier molecular flexibility index (Phi) is 3.95. The number of carboxylic acids is 1. The molecule has 19 heavy (non-hydrogen) atoms. The predicted octanol–water partition coefficient (Wildman–Crippen LogP) is 3.97. The van der Waals surface area contributed by atoms with Crippen LogP contribution in [0, 0.1) is 13.8 Å². The zero-order valence-electron chi connectivity index (χ0n) is 10.7. The zero-order valence-corrected chi connectivity index (χ0v) is 12.2. The number of anilines is 1. The maximum absolute atomic E-state index is 10.7. The van der Waals surface area contributed by atoms with Crippen molar-refractivity contribution < 1.29 is 14.3 Å². The van der Waals surface area contributed by atoms with Gasteiger partial charge in [0.1, 0.15) is 12.0 Å². The van der Waals surface area contributed by atoms with E-state index in [1.807, 2.05) is 19.9 Å². The fourth-order valence-corrected chi connectivity index (χ4v) is 2.71. The molecule has 0 amide bonds. The summed E-state index contributed by atoms with van der Waals surface area (Å²) in [6.45, 7) is 4.49. The Morgan fingerprint density at radius 3 is 2.68 bits per heavy atom. The molecule has 0 atom stereocenters. The van der Waals surface area contributed by atoms with Gasteiger partial charge in [0.05, 0.1) is 17.8 Å². The van der Waals surface area contributed by atoms with Crippen molar-refractivity contribution in [1.29, 1.82) is 0 Å². The summed E-state index contributed by atoms with van der Waals surface area (Å²) in [5.41, 5.74) is 3.45. The van der Waals surface area contributed by atoms with Gasteiger partial charge in [-0.2, -0.15) is 0 Å². The predicted molar refractivity (Wildman–Crippen MR) is 76.6 cm³/mol. The van der Waals surface area contributed by atoms with Crippen LogP contribution in [0.1, 0.15) is 27.2 Å². The molecule has 0 radical (unpaired) electrons. The Hall–Kier alpha value is -1.75. The third kappa shape index (κ3) is 3.17. The molecule has 0 saturated carbocycles. The van der Waals surface area contributed by atoms with Gasteiger partial charge in [0.15, 0.2) is 0 Å². The number of furan rings is 1. The molecule has 0 saturated heterocycles. The molecule has 0 unspecified atom stereocenters. The van der Waals surface area contributed by atoms with Crippen LogP contribution in [0.5, 0.6) is 0 Å². The summed E-state index contributed by atoms with van der Waals surface area (Å²) in [4.78, 5) is 10.7. The van der Waals surface area contributed by atoms with Crippen molar-refractivity contribution in [2.75, 3.05) is 5.32 Å². The Bertz CT molecular complexity index is 596. The lowest BCUT2D eigenvalue weighted by molar-refractivity contribution is 0.0696. The number of rotatable bonds is 4. The highest BCUT2D eigenvalue weighted by Gasteiger charge is 2.09. The molecule has 0 aliphatic rings. The maximum atomic E-state index is 10.7. The Morgan fingerprint density at radius 2 is 2.11 bits per heavy atom. The fourth-order valence-electron chi connectivity index (χ4n) is 1.90. The van der Waals surface area contributed by atoms with Crippen molar-refractivity contribution in [2.45, 2.75) is 20.4 Å². The van der Waals surface area contributed by atoms with Crippen molar-refractivity contribution in [1.82, 2.24) is 0 Å². The van der Waals surface area contributed by atoms with Crippen LogP contribution in [0.4, 0.5) is 5.69 Å². The molecule has 0 fully saturated rings. The molecule has 0 aliphatic heterocycles. The number of carbonyl (C=O) groups is 1. The standard InChI is InChI=1S/C14H14BrNO3/c1-8-3-9(2)13(12(15)4-8)16-6-11-5-10(7-19-11)14(17)18/h3-5,7,16H,6H2,1-2H3,(H,17,18). The minimum Gasteiger partial charge on any atom is -0.478 e. The van der Waals surface area contributed by atoms with E-state index in [0.717, 1.165) is 15.7 Å². The van der Waals surface area contributed by atoms with Gasteiger partial charge in [-0.05, 0) is 53.0 Å². The molecule has 2 rings (SSSR count). The summed E-state index contributed by atoms with van der Waals surface area (Å²) >= 11 is 3.51. The van der Waals surface area contributed by atoms with Crippen LogP contribution in [0.15, 0.2) is 33.4 Å². The lowest BCUT2D eigenvalue weighted by atomic mass is 10.1. The average Bonchev–Trinajstić information content (AvgIpc) is 2.76. The number of nitrogens with one attached hydrogen (secondary N) is 1. The first kappa shape index (κ1) is 13.7. The van der Waals surface area contributed by atoms with Crippen LogP contribution < -0.4 is 5.32 Å². The van der Waals surface area contributed by atoms with Gasteiger partial charge in [0, 0.05) is 4.47 Å². The van der Waals surface area contributed by atoms with E-state index in [0.29, 0.717) is 12.3 Å². The highest BCUT2D eigenvalue weighted by Crippen LogP contribution is 2.28. The molecule has 100 valence electrons. The number of halogens is 1. The fraction of sp³-hybridized carbons (Fsp3) is 0.214.